The average Bonchev–Trinajstić information content (AvgIpc) is 2.57. The third-order valence-corrected chi connectivity index (χ3v) is 4.57. The number of carbonyl (C=O) groups is 1. The lowest BCUT2D eigenvalue weighted by Crippen LogP contribution is -2.36. The van der Waals surface area contributed by atoms with Crippen molar-refractivity contribution in [2.45, 2.75) is 45.8 Å². The number of piperidine rings is 1. The van der Waals surface area contributed by atoms with Gasteiger partial charge in [0.05, 0.1) is 29.5 Å². The van der Waals surface area contributed by atoms with Crippen molar-refractivity contribution in [3.8, 4) is 5.75 Å². The normalized spacial score (nSPS) is 16.8. The third-order valence-electron chi connectivity index (χ3n) is 4.29. The van der Waals surface area contributed by atoms with Crippen molar-refractivity contribution in [2.75, 3.05) is 25.5 Å². The van der Waals surface area contributed by atoms with Crippen LogP contribution in [0.25, 0.3) is 0 Å². The summed E-state index contributed by atoms with van der Waals surface area (Å²) in [6, 6.07) is 3.60. The van der Waals surface area contributed by atoms with Crippen LogP contribution >= 0.6 is 11.6 Å². The molecule has 1 heterocycles. The Hall–Kier alpha value is -1.46. The maximum atomic E-state index is 11.9. The van der Waals surface area contributed by atoms with Crippen LogP contribution in [0.1, 0.15) is 44.0 Å². The number of benzene rings is 1. The van der Waals surface area contributed by atoms with Crippen LogP contribution < -0.4 is 15.4 Å². The van der Waals surface area contributed by atoms with Gasteiger partial charge in [-0.3, -0.25) is 0 Å². The Balaban J connectivity index is 2.29. The molecule has 5 nitrogen and oxygen atoms in total. The first-order valence-corrected chi connectivity index (χ1v) is 8.86. The highest BCUT2D eigenvalue weighted by Crippen LogP contribution is 2.37. The van der Waals surface area contributed by atoms with Gasteiger partial charge >= 0.3 is 5.97 Å². The van der Waals surface area contributed by atoms with Gasteiger partial charge in [-0.15, -0.1) is 0 Å². The summed E-state index contributed by atoms with van der Waals surface area (Å²) in [6.07, 6.45) is 2.24. The van der Waals surface area contributed by atoms with E-state index in [0.717, 1.165) is 31.6 Å². The van der Waals surface area contributed by atoms with E-state index in [9.17, 15) is 4.79 Å². The lowest BCUT2D eigenvalue weighted by molar-refractivity contribution is 0.0600. The number of rotatable bonds is 6. The molecule has 1 aromatic rings. The van der Waals surface area contributed by atoms with Crippen LogP contribution in [0.4, 0.5) is 5.69 Å². The Bertz CT molecular complexity index is 572. The summed E-state index contributed by atoms with van der Waals surface area (Å²) >= 11 is 6.37. The van der Waals surface area contributed by atoms with Gasteiger partial charge in [-0.25, -0.2) is 4.79 Å². The SMILES string of the molecule is COC(=O)c1cc(Cl)c(OC(C)C)c(NC(C)C2CCNCC2)c1. The van der Waals surface area contributed by atoms with Crippen LogP contribution in [0, 0.1) is 5.92 Å². The molecule has 1 aliphatic rings. The van der Waals surface area contributed by atoms with E-state index in [1.807, 2.05) is 13.8 Å². The van der Waals surface area contributed by atoms with Crippen molar-refractivity contribution in [1.82, 2.24) is 5.32 Å². The first kappa shape index (κ1) is 18.9. The molecule has 2 N–H and O–H groups in total. The number of nitrogens with one attached hydrogen (secondary N) is 2. The van der Waals surface area contributed by atoms with Gasteiger partial charge in [0.1, 0.15) is 0 Å². The molecule has 1 fully saturated rings. The summed E-state index contributed by atoms with van der Waals surface area (Å²) in [7, 11) is 1.36. The van der Waals surface area contributed by atoms with E-state index >= 15 is 0 Å². The number of anilines is 1. The highest BCUT2D eigenvalue weighted by Gasteiger charge is 2.23. The summed E-state index contributed by atoms with van der Waals surface area (Å²) in [5.41, 5.74) is 1.15. The molecule has 2 rings (SSSR count). The topological polar surface area (TPSA) is 59.6 Å². The molecule has 0 saturated carbocycles. The van der Waals surface area contributed by atoms with E-state index in [1.165, 1.54) is 7.11 Å². The summed E-state index contributed by atoms with van der Waals surface area (Å²) < 4.78 is 10.7. The molecule has 1 aliphatic heterocycles. The number of hydrogen-bond acceptors (Lipinski definition) is 5. The van der Waals surface area contributed by atoms with E-state index in [0.29, 0.717) is 22.3 Å². The van der Waals surface area contributed by atoms with Crippen molar-refractivity contribution in [1.29, 1.82) is 0 Å². The van der Waals surface area contributed by atoms with E-state index in [-0.39, 0.29) is 12.1 Å². The highest BCUT2D eigenvalue weighted by molar-refractivity contribution is 6.33. The lowest BCUT2D eigenvalue weighted by Gasteiger charge is -2.30. The van der Waals surface area contributed by atoms with Crippen molar-refractivity contribution >= 4 is 23.3 Å². The van der Waals surface area contributed by atoms with Crippen molar-refractivity contribution in [2.24, 2.45) is 5.92 Å². The number of esters is 1. The Morgan fingerprint density at radius 3 is 2.54 bits per heavy atom. The fourth-order valence-electron chi connectivity index (χ4n) is 3.00. The van der Waals surface area contributed by atoms with Crippen LogP contribution in [0.15, 0.2) is 12.1 Å². The van der Waals surface area contributed by atoms with Crippen LogP contribution in [-0.2, 0) is 4.74 Å². The molecule has 0 aromatic heterocycles. The second-order valence-corrected chi connectivity index (χ2v) is 6.92. The standard InChI is InChI=1S/C18H27ClN2O3/c1-11(2)24-17-15(19)9-14(18(22)23-4)10-16(17)21-12(3)13-5-7-20-8-6-13/h9-13,20-21H,5-8H2,1-4H3. The van der Waals surface area contributed by atoms with Gasteiger partial charge in [0.2, 0.25) is 0 Å². The first-order chi connectivity index (χ1) is 11.4. The number of ether oxygens (including phenoxy) is 2. The highest BCUT2D eigenvalue weighted by atomic mass is 35.5. The zero-order valence-electron chi connectivity index (χ0n) is 14.8. The number of halogens is 1. The Labute approximate surface area is 149 Å². The molecular weight excluding hydrogens is 328 g/mol. The van der Waals surface area contributed by atoms with Crippen LogP contribution in [0.5, 0.6) is 5.75 Å². The zero-order valence-corrected chi connectivity index (χ0v) is 15.6. The van der Waals surface area contributed by atoms with Crippen molar-refractivity contribution in [3.63, 3.8) is 0 Å². The van der Waals surface area contributed by atoms with Crippen molar-refractivity contribution in [3.05, 3.63) is 22.7 Å². The summed E-state index contributed by atoms with van der Waals surface area (Å²) in [5, 5.41) is 7.29. The smallest absolute Gasteiger partial charge is 0.337 e. The largest absolute Gasteiger partial charge is 0.487 e. The molecule has 134 valence electrons. The molecule has 1 atom stereocenters. The molecular formula is C18H27ClN2O3. The van der Waals surface area contributed by atoms with Gasteiger partial charge in [-0.1, -0.05) is 11.6 Å². The maximum absolute atomic E-state index is 11.9. The van der Waals surface area contributed by atoms with Gasteiger partial charge in [0.15, 0.2) is 5.75 Å². The number of hydrogen-bond donors (Lipinski definition) is 2. The average molecular weight is 355 g/mol. The molecule has 0 spiro atoms. The fourth-order valence-corrected chi connectivity index (χ4v) is 3.26. The van der Waals surface area contributed by atoms with Gasteiger partial charge < -0.3 is 20.1 Å². The summed E-state index contributed by atoms with van der Waals surface area (Å²) in [5.74, 6) is 0.740. The minimum absolute atomic E-state index is 0.0128. The second kappa shape index (κ2) is 8.58. The predicted octanol–water partition coefficient (Wildman–Crippen LogP) is 3.71. The zero-order chi connectivity index (χ0) is 17.7. The monoisotopic (exact) mass is 354 g/mol. The van der Waals surface area contributed by atoms with Gasteiger partial charge in [-0.2, -0.15) is 0 Å². The molecule has 0 aliphatic carbocycles. The molecule has 0 amide bonds. The van der Waals surface area contributed by atoms with Crippen molar-refractivity contribution < 1.29 is 14.3 Å². The fraction of sp³-hybridized carbons (Fsp3) is 0.611. The Morgan fingerprint density at radius 2 is 1.96 bits per heavy atom. The minimum Gasteiger partial charge on any atom is -0.487 e. The van der Waals surface area contributed by atoms with E-state index in [1.54, 1.807) is 12.1 Å². The van der Waals surface area contributed by atoms with Crippen LogP contribution in [0.3, 0.4) is 0 Å². The number of carbonyl (C=O) groups excluding carboxylic acids is 1. The van der Waals surface area contributed by atoms with Crippen LogP contribution in [0.2, 0.25) is 5.02 Å². The molecule has 1 aromatic carbocycles. The number of methoxy groups -OCH3 is 1. The molecule has 1 unspecified atom stereocenters. The molecule has 1 saturated heterocycles. The quantitative estimate of drug-likeness (QED) is 0.762. The van der Waals surface area contributed by atoms with E-state index in [4.69, 9.17) is 21.1 Å². The Kier molecular flexibility index (Phi) is 6.75. The summed E-state index contributed by atoms with van der Waals surface area (Å²) in [6.45, 7) is 8.13. The van der Waals surface area contributed by atoms with E-state index < -0.39 is 5.97 Å². The van der Waals surface area contributed by atoms with E-state index in [2.05, 4.69) is 17.6 Å². The Morgan fingerprint density at radius 1 is 1.29 bits per heavy atom. The lowest BCUT2D eigenvalue weighted by atomic mass is 9.91. The minimum atomic E-state index is -0.412. The van der Waals surface area contributed by atoms with Gasteiger partial charge in [-0.05, 0) is 64.8 Å². The van der Waals surface area contributed by atoms with Crippen LogP contribution in [-0.4, -0.2) is 38.3 Å². The third kappa shape index (κ3) is 4.77. The molecule has 0 bridgehead atoms. The predicted molar refractivity (Wildman–Crippen MR) is 97.2 cm³/mol. The maximum Gasteiger partial charge on any atom is 0.337 e. The molecule has 24 heavy (non-hydrogen) atoms. The van der Waals surface area contributed by atoms with Gasteiger partial charge in [0, 0.05) is 6.04 Å². The molecule has 6 heteroatoms. The summed E-state index contributed by atoms with van der Waals surface area (Å²) in [4.78, 5) is 11.9. The second-order valence-electron chi connectivity index (χ2n) is 6.51. The molecule has 0 radical (unpaired) electrons. The van der Waals surface area contributed by atoms with Gasteiger partial charge in [0.25, 0.3) is 0 Å². The first-order valence-electron chi connectivity index (χ1n) is 8.48.